The third kappa shape index (κ3) is 4.84. The molecular formula is C22H25N3O5. The van der Waals surface area contributed by atoms with E-state index in [0.717, 1.165) is 11.1 Å². The Bertz CT molecular complexity index is 903. The molecule has 2 aromatic carbocycles. The lowest BCUT2D eigenvalue weighted by molar-refractivity contribution is -0.129. The molecule has 1 unspecified atom stereocenters. The number of hydrogen-bond acceptors (Lipinski definition) is 5. The second-order valence-electron chi connectivity index (χ2n) is 7.12. The number of imide groups is 1. The molecule has 1 heterocycles. The molecule has 1 fully saturated rings. The summed E-state index contributed by atoms with van der Waals surface area (Å²) in [6.45, 7) is 0.661. The van der Waals surface area contributed by atoms with Crippen molar-refractivity contribution in [2.75, 3.05) is 12.0 Å². The van der Waals surface area contributed by atoms with Gasteiger partial charge < -0.3 is 9.64 Å². The molecule has 8 heteroatoms. The van der Waals surface area contributed by atoms with Crippen LogP contribution in [0, 0.1) is 0 Å². The number of benzene rings is 2. The van der Waals surface area contributed by atoms with Crippen LogP contribution in [-0.2, 0) is 27.5 Å². The second-order valence-corrected chi connectivity index (χ2v) is 7.12. The van der Waals surface area contributed by atoms with Gasteiger partial charge in [0.25, 0.3) is 5.91 Å². The lowest BCUT2D eigenvalue weighted by Crippen LogP contribution is -2.35. The van der Waals surface area contributed by atoms with Crippen LogP contribution in [0.1, 0.15) is 30.4 Å². The number of anilines is 1. The van der Waals surface area contributed by atoms with Gasteiger partial charge in [-0.1, -0.05) is 42.5 Å². The van der Waals surface area contributed by atoms with E-state index in [1.807, 2.05) is 36.4 Å². The molecule has 1 saturated heterocycles. The summed E-state index contributed by atoms with van der Waals surface area (Å²) in [7, 11) is 1.58. The molecule has 2 aromatic rings. The predicted octanol–water partition coefficient (Wildman–Crippen LogP) is 2.85. The SMILES string of the molecule is COCc1cccc(N2C(=O)C(CCCC(=O)NO)N(Cc3ccccc3)C2=O)c1. The highest BCUT2D eigenvalue weighted by Crippen LogP contribution is 2.29. The van der Waals surface area contributed by atoms with Crippen molar-refractivity contribution in [1.82, 2.24) is 10.4 Å². The van der Waals surface area contributed by atoms with E-state index in [9.17, 15) is 14.4 Å². The third-order valence-electron chi connectivity index (χ3n) is 5.00. The van der Waals surface area contributed by atoms with Crippen LogP contribution in [-0.4, -0.2) is 41.1 Å². The largest absolute Gasteiger partial charge is 0.380 e. The Morgan fingerprint density at radius 3 is 2.53 bits per heavy atom. The van der Waals surface area contributed by atoms with Crippen LogP contribution in [0.25, 0.3) is 0 Å². The zero-order valence-corrected chi connectivity index (χ0v) is 16.8. The molecule has 0 aliphatic carbocycles. The lowest BCUT2D eigenvalue weighted by Gasteiger charge is -2.22. The summed E-state index contributed by atoms with van der Waals surface area (Å²) in [5, 5.41) is 8.68. The lowest BCUT2D eigenvalue weighted by atomic mass is 10.1. The Balaban J connectivity index is 1.86. The Labute approximate surface area is 175 Å². The number of nitrogens with one attached hydrogen (secondary N) is 1. The maximum atomic E-state index is 13.2. The van der Waals surface area contributed by atoms with Gasteiger partial charge in [-0.05, 0) is 36.1 Å². The maximum Gasteiger partial charge on any atom is 0.332 e. The summed E-state index contributed by atoms with van der Waals surface area (Å²) in [5.74, 6) is -0.847. The zero-order valence-electron chi connectivity index (χ0n) is 16.8. The molecule has 30 heavy (non-hydrogen) atoms. The highest BCUT2D eigenvalue weighted by Gasteiger charge is 2.45. The summed E-state index contributed by atoms with van der Waals surface area (Å²) < 4.78 is 5.15. The third-order valence-corrected chi connectivity index (χ3v) is 5.00. The summed E-state index contributed by atoms with van der Waals surface area (Å²) in [4.78, 5) is 40.5. The molecular weight excluding hydrogens is 386 g/mol. The average Bonchev–Trinajstić information content (AvgIpc) is 2.98. The highest BCUT2D eigenvalue weighted by molar-refractivity contribution is 6.21. The van der Waals surface area contributed by atoms with Crippen LogP contribution in [0.15, 0.2) is 54.6 Å². The summed E-state index contributed by atoms with van der Waals surface area (Å²) >= 11 is 0. The van der Waals surface area contributed by atoms with Crippen molar-refractivity contribution in [3.63, 3.8) is 0 Å². The Morgan fingerprint density at radius 2 is 1.83 bits per heavy atom. The fourth-order valence-electron chi connectivity index (χ4n) is 3.58. The van der Waals surface area contributed by atoms with E-state index < -0.39 is 18.0 Å². The normalized spacial score (nSPS) is 16.3. The van der Waals surface area contributed by atoms with E-state index in [1.54, 1.807) is 30.8 Å². The first-order valence-electron chi connectivity index (χ1n) is 9.74. The van der Waals surface area contributed by atoms with Gasteiger partial charge in [-0.3, -0.25) is 14.8 Å². The number of rotatable bonds is 9. The van der Waals surface area contributed by atoms with Crippen molar-refractivity contribution in [3.8, 4) is 0 Å². The van der Waals surface area contributed by atoms with Crippen molar-refractivity contribution in [3.05, 3.63) is 65.7 Å². The van der Waals surface area contributed by atoms with E-state index in [-0.39, 0.29) is 18.9 Å². The number of methoxy groups -OCH3 is 1. The standard InChI is InChI=1S/C22H25N3O5/c1-30-15-17-9-5-10-18(13-17)25-21(27)19(11-6-12-20(26)23-29)24(22(25)28)14-16-7-3-2-4-8-16/h2-5,7-10,13,19,29H,6,11-12,14-15H2,1H3,(H,23,26). The quantitative estimate of drug-likeness (QED) is 0.376. The van der Waals surface area contributed by atoms with Crippen molar-refractivity contribution in [1.29, 1.82) is 0 Å². The Hall–Kier alpha value is -3.23. The average molecular weight is 411 g/mol. The van der Waals surface area contributed by atoms with Crippen LogP contribution < -0.4 is 10.4 Å². The van der Waals surface area contributed by atoms with Crippen LogP contribution in [0.4, 0.5) is 10.5 Å². The van der Waals surface area contributed by atoms with Gasteiger partial charge in [-0.15, -0.1) is 0 Å². The van der Waals surface area contributed by atoms with Crippen molar-refractivity contribution >= 4 is 23.5 Å². The van der Waals surface area contributed by atoms with E-state index in [0.29, 0.717) is 25.1 Å². The molecule has 0 spiro atoms. The Morgan fingerprint density at radius 1 is 1.10 bits per heavy atom. The minimum atomic E-state index is -0.685. The van der Waals surface area contributed by atoms with Gasteiger partial charge in [0.1, 0.15) is 6.04 Å². The number of hydrogen-bond donors (Lipinski definition) is 2. The highest BCUT2D eigenvalue weighted by atomic mass is 16.5. The van der Waals surface area contributed by atoms with Gasteiger partial charge in [-0.25, -0.2) is 15.2 Å². The number of nitrogens with zero attached hydrogens (tertiary/aromatic N) is 2. The first-order chi connectivity index (χ1) is 14.5. The van der Waals surface area contributed by atoms with Gasteiger partial charge in [-0.2, -0.15) is 0 Å². The first-order valence-corrected chi connectivity index (χ1v) is 9.74. The fourth-order valence-corrected chi connectivity index (χ4v) is 3.58. The van der Waals surface area contributed by atoms with Gasteiger partial charge in [0.05, 0.1) is 12.3 Å². The van der Waals surface area contributed by atoms with Crippen LogP contribution in [0.2, 0.25) is 0 Å². The molecule has 1 aliphatic heterocycles. The van der Waals surface area contributed by atoms with Crippen molar-refractivity contribution in [2.24, 2.45) is 0 Å². The maximum absolute atomic E-state index is 13.2. The number of amides is 4. The smallest absolute Gasteiger partial charge is 0.332 e. The van der Waals surface area contributed by atoms with Gasteiger partial charge >= 0.3 is 6.03 Å². The molecule has 4 amide bonds. The minimum absolute atomic E-state index is 0.0664. The summed E-state index contributed by atoms with van der Waals surface area (Å²) in [6.07, 6.45) is 0.745. The summed E-state index contributed by atoms with van der Waals surface area (Å²) in [5.41, 5.74) is 3.85. The number of hydroxylamine groups is 1. The van der Waals surface area contributed by atoms with Crippen LogP contribution in [0.3, 0.4) is 0 Å². The molecule has 8 nitrogen and oxygen atoms in total. The van der Waals surface area contributed by atoms with E-state index >= 15 is 0 Å². The molecule has 1 atom stereocenters. The molecule has 3 rings (SSSR count). The van der Waals surface area contributed by atoms with Crippen LogP contribution in [0.5, 0.6) is 0 Å². The topological polar surface area (TPSA) is 99.2 Å². The van der Waals surface area contributed by atoms with E-state index in [1.165, 1.54) is 9.80 Å². The molecule has 1 aliphatic rings. The molecule has 0 saturated carbocycles. The van der Waals surface area contributed by atoms with E-state index in [4.69, 9.17) is 9.94 Å². The van der Waals surface area contributed by atoms with Gasteiger partial charge in [0.15, 0.2) is 0 Å². The fraction of sp³-hybridized carbons (Fsp3) is 0.318. The van der Waals surface area contributed by atoms with Crippen LogP contribution >= 0.6 is 0 Å². The Kier molecular flexibility index (Phi) is 7.16. The predicted molar refractivity (Wildman–Crippen MR) is 110 cm³/mol. The minimum Gasteiger partial charge on any atom is -0.380 e. The van der Waals surface area contributed by atoms with E-state index in [2.05, 4.69) is 0 Å². The second kappa shape index (κ2) is 10.00. The molecule has 0 aromatic heterocycles. The zero-order chi connectivity index (χ0) is 21.5. The summed E-state index contributed by atoms with van der Waals surface area (Å²) in [6, 6.07) is 15.5. The monoisotopic (exact) mass is 411 g/mol. The number of carbonyl (C=O) groups is 3. The van der Waals surface area contributed by atoms with Gasteiger partial charge in [0.2, 0.25) is 5.91 Å². The molecule has 2 N–H and O–H groups in total. The van der Waals surface area contributed by atoms with Gasteiger partial charge in [0, 0.05) is 20.1 Å². The molecule has 158 valence electrons. The molecule has 0 radical (unpaired) electrons. The molecule has 0 bridgehead atoms. The number of urea groups is 1. The van der Waals surface area contributed by atoms with Crippen molar-refractivity contribution < 1.29 is 24.3 Å². The number of ether oxygens (including phenoxy) is 1. The first kappa shape index (κ1) is 21.5. The number of carbonyl (C=O) groups excluding carboxylic acids is 3. The van der Waals surface area contributed by atoms with Crippen molar-refractivity contribution in [2.45, 2.75) is 38.5 Å².